The van der Waals surface area contributed by atoms with Gasteiger partial charge >= 0.3 is 5.97 Å². The fourth-order valence-electron chi connectivity index (χ4n) is 2.06. The molecule has 0 N–H and O–H groups in total. The second kappa shape index (κ2) is 6.56. The molecule has 1 aromatic carbocycles. The van der Waals surface area contributed by atoms with E-state index in [0.717, 1.165) is 12.8 Å². The summed E-state index contributed by atoms with van der Waals surface area (Å²) in [5.74, 6) is -1.28. The van der Waals surface area contributed by atoms with Crippen LogP contribution in [0.3, 0.4) is 0 Å². The van der Waals surface area contributed by atoms with Crippen molar-refractivity contribution in [3.8, 4) is 5.75 Å². The lowest BCUT2D eigenvalue weighted by molar-refractivity contribution is -0.144. The number of ether oxygens (including phenoxy) is 2. The summed E-state index contributed by atoms with van der Waals surface area (Å²) < 4.78 is 23.1. The highest BCUT2D eigenvalue weighted by Crippen LogP contribution is 2.29. The van der Waals surface area contributed by atoms with Crippen molar-refractivity contribution >= 4 is 11.9 Å². The number of hydrogen-bond donors (Lipinski definition) is 0. The minimum atomic E-state index is -0.530. The Morgan fingerprint density at radius 1 is 1.38 bits per heavy atom. The first-order chi connectivity index (χ1) is 10.1. The van der Waals surface area contributed by atoms with Crippen molar-refractivity contribution in [1.82, 2.24) is 4.90 Å². The molecule has 6 heteroatoms. The van der Waals surface area contributed by atoms with Crippen LogP contribution in [0.15, 0.2) is 18.2 Å². The highest BCUT2D eigenvalue weighted by Gasteiger charge is 2.34. The molecular weight excluding hydrogens is 277 g/mol. The molecule has 1 aromatic rings. The maximum absolute atomic E-state index is 13.4. The third-order valence-corrected chi connectivity index (χ3v) is 3.25. The Labute approximate surface area is 122 Å². The summed E-state index contributed by atoms with van der Waals surface area (Å²) in [6.07, 6.45) is 1.73. The van der Waals surface area contributed by atoms with Gasteiger partial charge in [0.1, 0.15) is 6.54 Å². The number of esters is 1. The summed E-state index contributed by atoms with van der Waals surface area (Å²) in [5.41, 5.74) is 0.296. The van der Waals surface area contributed by atoms with Gasteiger partial charge in [-0.05, 0) is 38.0 Å². The lowest BCUT2D eigenvalue weighted by Gasteiger charge is -2.21. The van der Waals surface area contributed by atoms with Crippen LogP contribution in [0.2, 0.25) is 0 Å². The molecule has 1 aliphatic carbocycles. The fraction of sp³-hybridized carbons (Fsp3) is 0.467. The summed E-state index contributed by atoms with van der Waals surface area (Å²) in [5, 5.41) is 0. The van der Waals surface area contributed by atoms with Gasteiger partial charge in [0.25, 0.3) is 5.91 Å². The number of rotatable bonds is 6. The molecule has 0 unspecified atom stereocenters. The number of carbonyl (C=O) groups is 2. The number of carbonyl (C=O) groups excluding carboxylic acids is 2. The van der Waals surface area contributed by atoms with Gasteiger partial charge in [0.2, 0.25) is 0 Å². The molecule has 5 nitrogen and oxygen atoms in total. The van der Waals surface area contributed by atoms with Gasteiger partial charge in [0.15, 0.2) is 11.6 Å². The van der Waals surface area contributed by atoms with Gasteiger partial charge in [0.05, 0.1) is 13.7 Å². The summed E-state index contributed by atoms with van der Waals surface area (Å²) in [4.78, 5) is 25.6. The normalized spacial score (nSPS) is 13.7. The molecule has 1 saturated carbocycles. The highest BCUT2D eigenvalue weighted by atomic mass is 19.1. The van der Waals surface area contributed by atoms with E-state index in [-0.39, 0.29) is 30.9 Å². The first kappa shape index (κ1) is 15.3. The van der Waals surface area contributed by atoms with Crippen LogP contribution in [0.1, 0.15) is 30.1 Å². The molecule has 0 bridgehead atoms. The number of amides is 1. The quantitative estimate of drug-likeness (QED) is 0.753. The Morgan fingerprint density at radius 2 is 2.10 bits per heavy atom. The SMILES string of the molecule is CCOC(=O)CN(C(=O)c1ccc(F)c(OC)c1)C1CC1. The maximum atomic E-state index is 13.4. The van der Waals surface area contributed by atoms with E-state index in [2.05, 4.69) is 0 Å². The average molecular weight is 295 g/mol. The zero-order chi connectivity index (χ0) is 15.4. The van der Waals surface area contributed by atoms with E-state index >= 15 is 0 Å². The van der Waals surface area contributed by atoms with Crippen molar-refractivity contribution in [2.75, 3.05) is 20.3 Å². The summed E-state index contributed by atoms with van der Waals surface area (Å²) >= 11 is 0. The van der Waals surface area contributed by atoms with E-state index in [9.17, 15) is 14.0 Å². The van der Waals surface area contributed by atoms with Gasteiger partial charge in [-0.2, -0.15) is 0 Å². The Bertz CT molecular complexity index is 542. The molecule has 0 aliphatic heterocycles. The molecule has 0 spiro atoms. The molecule has 0 aromatic heterocycles. The van der Waals surface area contributed by atoms with Crippen molar-refractivity contribution in [3.05, 3.63) is 29.6 Å². The van der Waals surface area contributed by atoms with Crippen molar-refractivity contribution in [1.29, 1.82) is 0 Å². The molecule has 0 radical (unpaired) electrons. The zero-order valence-corrected chi connectivity index (χ0v) is 12.1. The van der Waals surface area contributed by atoms with Gasteiger partial charge in [-0.1, -0.05) is 0 Å². The maximum Gasteiger partial charge on any atom is 0.325 e. The van der Waals surface area contributed by atoms with Gasteiger partial charge in [-0.15, -0.1) is 0 Å². The standard InChI is InChI=1S/C15H18FNO4/c1-3-21-14(18)9-17(11-5-6-11)15(19)10-4-7-12(16)13(8-10)20-2/h4,7-8,11H,3,5-6,9H2,1-2H3. The molecule has 1 amide bonds. The van der Waals surface area contributed by atoms with Crippen LogP contribution in [-0.4, -0.2) is 43.1 Å². The predicted octanol–water partition coefficient (Wildman–Crippen LogP) is 2.00. The molecule has 2 rings (SSSR count). The van der Waals surface area contributed by atoms with Crippen molar-refractivity contribution in [2.24, 2.45) is 0 Å². The van der Waals surface area contributed by atoms with Crippen molar-refractivity contribution in [2.45, 2.75) is 25.8 Å². The van der Waals surface area contributed by atoms with E-state index in [1.807, 2.05) is 0 Å². The minimum absolute atomic E-state index is 0.00716. The van der Waals surface area contributed by atoms with Crippen LogP contribution in [0.4, 0.5) is 4.39 Å². The van der Waals surface area contributed by atoms with Crippen LogP contribution in [0.5, 0.6) is 5.75 Å². The number of benzene rings is 1. The number of halogens is 1. The van der Waals surface area contributed by atoms with Gasteiger partial charge in [-0.25, -0.2) is 4.39 Å². The minimum Gasteiger partial charge on any atom is -0.494 e. The Morgan fingerprint density at radius 3 is 2.67 bits per heavy atom. The van der Waals surface area contributed by atoms with Gasteiger partial charge in [0, 0.05) is 11.6 Å². The van der Waals surface area contributed by atoms with Gasteiger partial charge < -0.3 is 14.4 Å². The second-order valence-corrected chi connectivity index (χ2v) is 4.82. The lowest BCUT2D eigenvalue weighted by atomic mass is 10.1. The largest absolute Gasteiger partial charge is 0.494 e. The molecule has 0 saturated heterocycles. The monoisotopic (exact) mass is 295 g/mol. The molecular formula is C15H18FNO4. The summed E-state index contributed by atoms with van der Waals surface area (Å²) in [6.45, 7) is 1.90. The third-order valence-electron chi connectivity index (χ3n) is 3.25. The highest BCUT2D eigenvalue weighted by molar-refractivity contribution is 5.96. The van der Waals surface area contributed by atoms with E-state index < -0.39 is 11.8 Å². The van der Waals surface area contributed by atoms with Crippen LogP contribution >= 0.6 is 0 Å². The van der Waals surface area contributed by atoms with Crippen molar-refractivity contribution in [3.63, 3.8) is 0 Å². The smallest absolute Gasteiger partial charge is 0.325 e. The van der Waals surface area contributed by atoms with Crippen LogP contribution < -0.4 is 4.74 Å². The molecule has 1 aliphatic rings. The summed E-state index contributed by atoms with van der Waals surface area (Å²) in [7, 11) is 1.34. The molecule has 1 fully saturated rings. The van der Waals surface area contributed by atoms with E-state index in [1.54, 1.807) is 6.92 Å². The first-order valence-corrected chi connectivity index (χ1v) is 6.87. The van der Waals surface area contributed by atoms with Crippen LogP contribution in [0.25, 0.3) is 0 Å². The Balaban J connectivity index is 2.16. The lowest BCUT2D eigenvalue weighted by Crippen LogP contribution is -2.38. The molecule has 114 valence electrons. The predicted molar refractivity (Wildman–Crippen MR) is 73.6 cm³/mol. The second-order valence-electron chi connectivity index (χ2n) is 4.82. The summed E-state index contributed by atoms with van der Waals surface area (Å²) in [6, 6.07) is 3.97. The number of nitrogens with zero attached hydrogens (tertiary/aromatic N) is 1. The van der Waals surface area contributed by atoms with E-state index in [1.165, 1.54) is 30.2 Å². The molecule has 0 atom stereocenters. The average Bonchev–Trinajstić information content (AvgIpc) is 3.29. The Kier molecular flexibility index (Phi) is 4.77. The fourth-order valence-corrected chi connectivity index (χ4v) is 2.06. The number of hydrogen-bond acceptors (Lipinski definition) is 4. The Hall–Kier alpha value is -2.11. The zero-order valence-electron chi connectivity index (χ0n) is 12.1. The van der Waals surface area contributed by atoms with Crippen molar-refractivity contribution < 1.29 is 23.5 Å². The van der Waals surface area contributed by atoms with E-state index in [0.29, 0.717) is 5.56 Å². The van der Waals surface area contributed by atoms with Crippen LogP contribution in [0, 0.1) is 5.82 Å². The third kappa shape index (κ3) is 3.71. The van der Waals surface area contributed by atoms with E-state index in [4.69, 9.17) is 9.47 Å². The first-order valence-electron chi connectivity index (χ1n) is 6.87. The van der Waals surface area contributed by atoms with Gasteiger partial charge in [-0.3, -0.25) is 9.59 Å². The van der Waals surface area contributed by atoms with Crippen LogP contribution in [-0.2, 0) is 9.53 Å². The molecule has 0 heterocycles. The number of methoxy groups -OCH3 is 1. The topological polar surface area (TPSA) is 55.8 Å². The molecule has 21 heavy (non-hydrogen) atoms.